The van der Waals surface area contributed by atoms with E-state index < -0.39 is 121 Å². The molecule has 19 heteroatoms. The Morgan fingerprint density at radius 1 is 0.593 bits per heavy atom. The maximum absolute atomic E-state index is 13.7. The van der Waals surface area contributed by atoms with Crippen LogP contribution in [-0.4, -0.2) is 125 Å². The van der Waals surface area contributed by atoms with Crippen LogP contribution in [0.2, 0.25) is 0 Å². The quantitative estimate of drug-likeness (QED) is 0.0506. The van der Waals surface area contributed by atoms with Gasteiger partial charge >= 0.3 is 5.97 Å². The zero-order valence-corrected chi connectivity index (χ0v) is 35.4. The summed E-state index contributed by atoms with van der Waals surface area (Å²) in [7, 11) is 0. The van der Waals surface area contributed by atoms with Crippen LogP contribution in [0.25, 0.3) is 0 Å². The van der Waals surface area contributed by atoms with Gasteiger partial charge in [-0.25, -0.2) is 4.79 Å². The van der Waals surface area contributed by atoms with E-state index in [1.807, 2.05) is 13.8 Å². The number of benzene rings is 1. The van der Waals surface area contributed by atoms with Crippen LogP contribution in [0.1, 0.15) is 80.2 Å². The van der Waals surface area contributed by atoms with Gasteiger partial charge in [-0.15, -0.1) is 0 Å². The molecule has 0 aliphatic rings. The van der Waals surface area contributed by atoms with Gasteiger partial charge in [-0.1, -0.05) is 92.1 Å². The predicted molar refractivity (Wildman–Crippen MR) is 218 cm³/mol. The lowest BCUT2D eigenvalue weighted by molar-refractivity contribution is -0.144. The number of carbonyl (C=O) groups excluding carboxylic acids is 7. The van der Waals surface area contributed by atoms with Gasteiger partial charge in [0.25, 0.3) is 0 Å². The van der Waals surface area contributed by atoms with E-state index in [0.717, 1.165) is 0 Å². The molecule has 0 aliphatic heterocycles. The van der Waals surface area contributed by atoms with E-state index in [2.05, 4.69) is 37.2 Å². The minimum absolute atomic E-state index is 0.0454. The van der Waals surface area contributed by atoms with Crippen LogP contribution in [0, 0.1) is 23.7 Å². The van der Waals surface area contributed by atoms with Crippen molar-refractivity contribution in [1.82, 2.24) is 37.2 Å². The van der Waals surface area contributed by atoms with E-state index in [1.165, 1.54) is 0 Å². The minimum Gasteiger partial charge on any atom is -0.480 e. The van der Waals surface area contributed by atoms with E-state index in [-0.39, 0.29) is 24.7 Å². The minimum atomic E-state index is -1.60. The smallest absolute Gasteiger partial charge is 0.326 e. The van der Waals surface area contributed by atoms with E-state index in [9.17, 15) is 53.7 Å². The number of hydrogen-bond acceptors (Lipinski definition) is 11. The van der Waals surface area contributed by atoms with Gasteiger partial charge in [0.05, 0.1) is 25.8 Å². The summed E-state index contributed by atoms with van der Waals surface area (Å²) in [5.41, 5.74) is 6.47. The molecule has 0 aliphatic carbocycles. The molecule has 59 heavy (non-hydrogen) atoms. The summed E-state index contributed by atoms with van der Waals surface area (Å²) >= 11 is 0. The second-order valence-electron chi connectivity index (χ2n) is 15.9. The van der Waals surface area contributed by atoms with E-state index in [1.54, 1.807) is 71.9 Å². The van der Waals surface area contributed by atoms with Crippen molar-refractivity contribution >= 4 is 47.3 Å². The first-order chi connectivity index (χ1) is 27.6. The van der Waals surface area contributed by atoms with Gasteiger partial charge in [-0.2, -0.15) is 0 Å². The lowest BCUT2D eigenvalue weighted by Gasteiger charge is -2.29. The topological polar surface area (TPSA) is 307 Å². The average molecular weight is 835 g/mol. The first-order valence-corrected chi connectivity index (χ1v) is 20.0. The molecule has 0 unspecified atom stereocenters. The molecule has 8 atom stereocenters. The number of rotatable bonds is 26. The molecule has 332 valence electrons. The highest BCUT2D eigenvalue weighted by Gasteiger charge is 2.35. The monoisotopic (exact) mass is 834 g/mol. The number of amides is 7. The van der Waals surface area contributed by atoms with Crippen molar-refractivity contribution in [2.45, 2.75) is 123 Å². The van der Waals surface area contributed by atoms with Crippen LogP contribution < -0.4 is 43.0 Å². The Bertz CT molecular complexity index is 1560. The highest BCUT2D eigenvalue weighted by atomic mass is 16.4. The van der Waals surface area contributed by atoms with E-state index in [0.29, 0.717) is 18.4 Å². The first kappa shape index (κ1) is 51.9. The number of nitrogens with two attached hydrogens (primary N) is 1. The van der Waals surface area contributed by atoms with Crippen LogP contribution in [-0.2, 0) is 44.8 Å². The predicted octanol–water partition coefficient (Wildman–Crippen LogP) is -1.56. The van der Waals surface area contributed by atoms with Gasteiger partial charge in [0.1, 0.15) is 36.3 Å². The molecule has 1 aromatic rings. The van der Waals surface area contributed by atoms with Crippen molar-refractivity contribution < 1.29 is 53.7 Å². The Morgan fingerprint density at radius 3 is 1.58 bits per heavy atom. The maximum Gasteiger partial charge on any atom is 0.326 e. The summed E-state index contributed by atoms with van der Waals surface area (Å²) in [4.78, 5) is 104. The SMILES string of the molecule is CC[C@H](C)[C@H](NC(=O)[C@H](Cc1ccccc1)NC(=O)[C@H](CO)NC(=O)[C@H](CC(C)C)NC(=O)[C@@H](NC(=O)[C@H](CO)NC(=O)CNC(=O)[C@@H](N)CC(C)C)C(C)C)C(=O)O. The molecule has 12 N–H and O–H groups in total. The zero-order chi connectivity index (χ0) is 45.0. The number of carboxylic acids is 1. The van der Waals surface area contributed by atoms with E-state index >= 15 is 0 Å². The molecule has 0 heterocycles. The Morgan fingerprint density at radius 2 is 1.07 bits per heavy atom. The summed E-state index contributed by atoms with van der Waals surface area (Å²) in [6, 6.07) is -0.440. The molecule has 7 amide bonds. The van der Waals surface area contributed by atoms with Crippen molar-refractivity contribution in [1.29, 1.82) is 0 Å². The van der Waals surface area contributed by atoms with Crippen LogP contribution in [0.4, 0.5) is 0 Å². The van der Waals surface area contributed by atoms with Gasteiger partial charge < -0.3 is 58.3 Å². The maximum atomic E-state index is 13.7. The summed E-state index contributed by atoms with van der Waals surface area (Å²) in [5.74, 6) is -8.00. The fraction of sp³-hybridized carbons (Fsp3) is 0.650. The molecule has 0 saturated carbocycles. The third-order valence-electron chi connectivity index (χ3n) is 9.41. The average Bonchev–Trinajstić information content (AvgIpc) is 3.17. The van der Waals surface area contributed by atoms with Gasteiger partial charge in [0, 0.05) is 6.42 Å². The number of hydrogen-bond donors (Lipinski definition) is 11. The number of aliphatic hydroxyl groups is 2. The third-order valence-corrected chi connectivity index (χ3v) is 9.41. The summed E-state index contributed by atoms with van der Waals surface area (Å²) in [6.45, 7) is 11.7. The molecule has 0 bridgehead atoms. The molecular formula is C40H66N8O11. The van der Waals surface area contributed by atoms with Crippen LogP contribution >= 0.6 is 0 Å². The van der Waals surface area contributed by atoms with Gasteiger partial charge in [-0.3, -0.25) is 33.6 Å². The van der Waals surface area contributed by atoms with Crippen molar-refractivity contribution in [3.8, 4) is 0 Å². The number of nitrogens with one attached hydrogen (secondary N) is 7. The third kappa shape index (κ3) is 18.5. The van der Waals surface area contributed by atoms with Gasteiger partial charge in [-0.05, 0) is 42.1 Å². The first-order valence-electron chi connectivity index (χ1n) is 20.0. The molecule has 0 aromatic heterocycles. The number of aliphatic hydroxyl groups excluding tert-OH is 2. The molecule has 0 saturated heterocycles. The second kappa shape index (κ2) is 26.1. The molecule has 1 aromatic carbocycles. The Hall–Kier alpha value is -5.14. The van der Waals surface area contributed by atoms with Crippen LogP contribution in [0.3, 0.4) is 0 Å². The van der Waals surface area contributed by atoms with Gasteiger partial charge in [0.2, 0.25) is 41.4 Å². The largest absolute Gasteiger partial charge is 0.480 e. The van der Waals surface area contributed by atoms with Crippen molar-refractivity contribution in [3.63, 3.8) is 0 Å². The lowest BCUT2D eigenvalue weighted by Crippen LogP contribution is -2.61. The normalized spacial score (nSPS) is 15.4. The summed E-state index contributed by atoms with van der Waals surface area (Å²) in [6.07, 6.45) is 0.846. The zero-order valence-electron chi connectivity index (χ0n) is 35.4. The lowest BCUT2D eigenvalue weighted by atomic mass is 9.98. The Balaban J connectivity index is 3.14. The fourth-order valence-electron chi connectivity index (χ4n) is 5.84. The standard InChI is InChI=1S/C40H66N8O11/c1-9-24(8)33(40(58)59)48-36(54)28(17-25-13-11-10-12-14-25)44-37(55)30(20-50)46-35(53)27(16-22(4)5)45-39(57)32(23(6)7)47-38(56)29(19-49)43-31(51)18-42-34(52)26(41)15-21(2)3/h10-14,21-24,26-30,32-33,49-50H,9,15-20,41H2,1-8H3,(H,42,52)(H,43,51)(H,44,55)(H,45,57)(H,46,53)(H,47,56)(H,48,54)(H,58,59)/t24-,26-,27-,28-,29-,30-,32-,33-/m0/s1. The number of carboxylic acid groups (broad SMARTS) is 1. The molecule has 19 nitrogen and oxygen atoms in total. The van der Waals surface area contributed by atoms with Crippen LogP contribution in [0.5, 0.6) is 0 Å². The molecule has 1 rings (SSSR count). The second-order valence-corrected chi connectivity index (χ2v) is 15.9. The number of aliphatic carboxylic acids is 1. The highest BCUT2D eigenvalue weighted by molar-refractivity contribution is 5.97. The van der Waals surface area contributed by atoms with E-state index in [4.69, 9.17) is 5.73 Å². The van der Waals surface area contributed by atoms with Crippen molar-refractivity contribution in [2.24, 2.45) is 29.4 Å². The Kier molecular flexibility index (Phi) is 22.9. The number of carbonyl (C=O) groups is 8. The molecule has 0 spiro atoms. The van der Waals surface area contributed by atoms with Crippen LogP contribution in [0.15, 0.2) is 30.3 Å². The summed E-state index contributed by atoms with van der Waals surface area (Å²) < 4.78 is 0. The van der Waals surface area contributed by atoms with Crippen molar-refractivity contribution in [3.05, 3.63) is 35.9 Å². The molecular weight excluding hydrogens is 768 g/mol. The fourth-order valence-corrected chi connectivity index (χ4v) is 5.84. The molecule has 0 radical (unpaired) electrons. The van der Waals surface area contributed by atoms with Gasteiger partial charge in [0.15, 0.2) is 0 Å². The van der Waals surface area contributed by atoms with Crippen molar-refractivity contribution in [2.75, 3.05) is 19.8 Å². The molecule has 0 fully saturated rings. The summed E-state index contributed by atoms with van der Waals surface area (Å²) in [5, 5.41) is 47.0. The highest BCUT2D eigenvalue weighted by Crippen LogP contribution is 2.12. The Labute approximate surface area is 346 Å².